The molecule has 0 N–H and O–H groups in total. The predicted molar refractivity (Wildman–Crippen MR) is 188 cm³/mol. The number of fused-ring (bicyclic) bond motifs is 2. The maximum absolute atomic E-state index is 6.29. The van der Waals surface area contributed by atoms with Crippen molar-refractivity contribution in [3.05, 3.63) is 99.5 Å². The zero-order chi connectivity index (χ0) is 31.1. The molecule has 7 rings (SSSR count). The van der Waals surface area contributed by atoms with Crippen LogP contribution in [0.3, 0.4) is 0 Å². The van der Waals surface area contributed by atoms with Gasteiger partial charge in [-0.1, -0.05) is 64.5 Å². The van der Waals surface area contributed by atoms with E-state index in [0.717, 1.165) is 42.6 Å². The van der Waals surface area contributed by atoms with Crippen molar-refractivity contribution >= 4 is 61.2 Å². The lowest BCUT2D eigenvalue weighted by molar-refractivity contribution is 0.00578. The van der Waals surface area contributed by atoms with Gasteiger partial charge in [-0.3, -0.25) is 0 Å². The molecule has 3 heterocycles. The van der Waals surface area contributed by atoms with Crippen LogP contribution in [-0.2, 0) is 18.8 Å². The minimum absolute atomic E-state index is 0.332. The zero-order valence-electron chi connectivity index (χ0n) is 26.8. The first-order valence-corrected chi connectivity index (χ1v) is 16.5. The molecule has 1 fully saturated rings. The SMILES string of the molecule is Cc1cc2c(B3OC(C)(C)C(C)(C)O3)cccc2cc1C1=CCOCC1.Cc1cc2c(Br)cccc2cc1C1=CCOCC1. The molecule has 4 nitrogen and oxygen atoms in total. The van der Waals surface area contributed by atoms with Gasteiger partial charge in [0.25, 0.3) is 0 Å². The molecule has 228 valence electrons. The largest absolute Gasteiger partial charge is 0.495 e. The monoisotopic (exact) mass is 652 g/mol. The Balaban J connectivity index is 0.000000167. The molecule has 3 aliphatic rings. The molecule has 0 amide bonds. The van der Waals surface area contributed by atoms with E-state index < -0.39 is 0 Å². The lowest BCUT2D eigenvalue weighted by Gasteiger charge is -2.32. The van der Waals surface area contributed by atoms with Gasteiger partial charge in [0.15, 0.2) is 0 Å². The summed E-state index contributed by atoms with van der Waals surface area (Å²) in [5.41, 5.74) is 8.56. The highest BCUT2D eigenvalue weighted by atomic mass is 79.9. The number of ether oxygens (including phenoxy) is 2. The summed E-state index contributed by atoms with van der Waals surface area (Å²) >= 11 is 3.62. The van der Waals surface area contributed by atoms with Crippen LogP contribution in [-0.4, -0.2) is 44.7 Å². The molecule has 4 aromatic carbocycles. The first-order valence-electron chi connectivity index (χ1n) is 15.7. The third-order valence-corrected chi connectivity index (χ3v) is 10.2. The van der Waals surface area contributed by atoms with Crippen molar-refractivity contribution < 1.29 is 18.8 Å². The maximum atomic E-state index is 6.29. The number of rotatable bonds is 3. The highest BCUT2D eigenvalue weighted by molar-refractivity contribution is 9.10. The standard InChI is InChI=1S/C22H27BO3.C16H15BrO/c1-15-13-19-17(14-18(15)16-9-11-24-12-10-16)7-6-8-20(19)23-25-21(2,3)22(4,5)26-23;1-11-9-15-13(3-2-4-16(15)17)10-14(11)12-5-7-18-8-6-12/h6-9,13-14H,10-12H2,1-5H3;2-5,9-10H,6-8H2,1H3. The van der Waals surface area contributed by atoms with Crippen molar-refractivity contribution in [3.63, 3.8) is 0 Å². The van der Waals surface area contributed by atoms with Crippen LogP contribution in [0.25, 0.3) is 32.7 Å². The fraction of sp³-hybridized carbons (Fsp3) is 0.368. The Kier molecular flexibility index (Phi) is 8.93. The minimum atomic E-state index is -0.337. The molecule has 0 atom stereocenters. The van der Waals surface area contributed by atoms with Crippen LogP contribution in [0.2, 0.25) is 0 Å². The van der Waals surface area contributed by atoms with Gasteiger partial charge in [0.05, 0.1) is 37.6 Å². The number of benzene rings is 4. The quantitative estimate of drug-likeness (QED) is 0.207. The fourth-order valence-corrected chi connectivity index (χ4v) is 6.76. The normalized spacial score (nSPS) is 19.4. The highest BCUT2D eigenvalue weighted by Crippen LogP contribution is 2.38. The van der Waals surface area contributed by atoms with Crippen LogP contribution < -0.4 is 5.46 Å². The predicted octanol–water partition coefficient (Wildman–Crippen LogP) is 8.97. The Labute approximate surface area is 270 Å². The van der Waals surface area contributed by atoms with Crippen LogP contribution >= 0.6 is 15.9 Å². The molecular weight excluding hydrogens is 611 g/mol. The molecule has 0 spiro atoms. The third kappa shape index (κ3) is 6.20. The van der Waals surface area contributed by atoms with Gasteiger partial charge in [-0.15, -0.1) is 0 Å². The van der Waals surface area contributed by atoms with Crippen molar-refractivity contribution in [2.75, 3.05) is 26.4 Å². The van der Waals surface area contributed by atoms with E-state index in [1.807, 2.05) is 0 Å². The summed E-state index contributed by atoms with van der Waals surface area (Å²) in [7, 11) is -0.337. The van der Waals surface area contributed by atoms with E-state index in [1.165, 1.54) is 54.9 Å². The van der Waals surface area contributed by atoms with Gasteiger partial charge in [-0.05, 0) is 139 Å². The molecule has 3 aliphatic heterocycles. The average Bonchev–Trinajstić information content (AvgIpc) is 3.24. The summed E-state index contributed by atoms with van der Waals surface area (Å²) in [6.07, 6.45) is 6.40. The van der Waals surface area contributed by atoms with Crippen molar-refractivity contribution in [2.45, 2.75) is 65.6 Å². The average molecular weight is 653 g/mol. The number of hydrogen-bond acceptors (Lipinski definition) is 4. The molecule has 0 saturated carbocycles. The van der Waals surface area contributed by atoms with Gasteiger partial charge in [-0.2, -0.15) is 0 Å². The summed E-state index contributed by atoms with van der Waals surface area (Å²) in [6, 6.07) is 21.9. The summed E-state index contributed by atoms with van der Waals surface area (Å²) in [5.74, 6) is 0. The lowest BCUT2D eigenvalue weighted by atomic mass is 9.75. The molecular formula is C38H42BBrO4. The maximum Gasteiger partial charge on any atom is 0.495 e. The van der Waals surface area contributed by atoms with Gasteiger partial charge in [-0.25, -0.2) is 0 Å². The van der Waals surface area contributed by atoms with Crippen LogP contribution in [0.4, 0.5) is 0 Å². The Morgan fingerprint density at radius 2 is 1.16 bits per heavy atom. The van der Waals surface area contributed by atoms with Crippen LogP contribution in [0.5, 0.6) is 0 Å². The van der Waals surface area contributed by atoms with Gasteiger partial charge >= 0.3 is 7.12 Å². The van der Waals surface area contributed by atoms with E-state index in [1.54, 1.807) is 0 Å². The molecule has 0 unspecified atom stereocenters. The van der Waals surface area contributed by atoms with E-state index in [0.29, 0.717) is 6.61 Å². The third-order valence-electron chi connectivity index (χ3n) is 9.56. The second-order valence-electron chi connectivity index (χ2n) is 13.1. The van der Waals surface area contributed by atoms with E-state index in [4.69, 9.17) is 18.8 Å². The van der Waals surface area contributed by atoms with E-state index >= 15 is 0 Å². The number of aryl methyl sites for hydroxylation is 2. The van der Waals surface area contributed by atoms with Gasteiger partial charge < -0.3 is 18.8 Å². The van der Waals surface area contributed by atoms with Crippen molar-refractivity contribution in [1.82, 2.24) is 0 Å². The molecule has 4 aromatic rings. The Hall–Kier alpha value is -2.74. The molecule has 0 aromatic heterocycles. The summed E-state index contributed by atoms with van der Waals surface area (Å²) in [6.45, 7) is 15.8. The molecule has 1 saturated heterocycles. The zero-order valence-corrected chi connectivity index (χ0v) is 28.3. The number of hydrogen-bond donors (Lipinski definition) is 0. The minimum Gasteiger partial charge on any atom is -0.399 e. The van der Waals surface area contributed by atoms with E-state index in [-0.39, 0.29) is 18.3 Å². The van der Waals surface area contributed by atoms with Crippen LogP contribution in [0, 0.1) is 13.8 Å². The van der Waals surface area contributed by atoms with Gasteiger partial charge in [0.1, 0.15) is 0 Å². The van der Waals surface area contributed by atoms with E-state index in [9.17, 15) is 0 Å². The topological polar surface area (TPSA) is 36.9 Å². The molecule has 0 bridgehead atoms. The first-order chi connectivity index (χ1) is 21.0. The smallest absolute Gasteiger partial charge is 0.399 e. The Morgan fingerprint density at radius 1 is 0.659 bits per heavy atom. The second-order valence-corrected chi connectivity index (χ2v) is 13.9. The molecule has 44 heavy (non-hydrogen) atoms. The summed E-state index contributed by atoms with van der Waals surface area (Å²) in [5, 5.41) is 5.01. The molecule has 0 radical (unpaired) electrons. The lowest BCUT2D eigenvalue weighted by Crippen LogP contribution is -2.41. The van der Waals surface area contributed by atoms with Crippen LogP contribution in [0.15, 0.2) is 77.3 Å². The summed E-state index contributed by atoms with van der Waals surface area (Å²) < 4.78 is 24.6. The van der Waals surface area contributed by atoms with Gasteiger partial charge in [0, 0.05) is 4.47 Å². The Bertz CT molecular complexity index is 1750. The highest BCUT2D eigenvalue weighted by Gasteiger charge is 2.52. The molecule has 0 aliphatic carbocycles. The van der Waals surface area contributed by atoms with Gasteiger partial charge in [0.2, 0.25) is 0 Å². The van der Waals surface area contributed by atoms with Crippen molar-refractivity contribution in [3.8, 4) is 0 Å². The van der Waals surface area contributed by atoms with Crippen molar-refractivity contribution in [2.24, 2.45) is 0 Å². The Morgan fingerprint density at radius 3 is 1.68 bits per heavy atom. The second kappa shape index (κ2) is 12.6. The first kappa shape index (κ1) is 31.3. The van der Waals surface area contributed by atoms with Crippen LogP contribution in [0.1, 0.15) is 62.8 Å². The summed E-state index contributed by atoms with van der Waals surface area (Å²) in [4.78, 5) is 0. The van der Waals surface area contributed by atoms with Crippen molar-refractivity contribution in [1.29, 1.82) is 0 Å². The fourth-order valence-electron chi connectivity index (χ4n) is 6.26. The van der Waals surface area contributed by atoms with E-state index in [2.05, 4.69) is 130 Å². The number of halogens is 1. The molecule has 6 heteroatoms.